The molecule has 98 valence electrons. The van der Waals surface area contributed by atoms with E-state index in [1.807, 2.05) is 38.1 Å². The second kappa shape index (κ2) is 5.45. The Hall–Kier alpha value is -1.81. The molecule has 3 N–H and O–H groups in total. The summed E-state index contributed by atoms with van der Waals surface area (Å²) < 4.78 is 0.955. The molecule has 0 atom stereocenters. The molecule has 0 aliphatic rings. The zero-order chi connectivity index (χ0) is 14.0. The summed E-state index contributed by atoms with van der Waals surface area (Å²) in [5.41, 5.74) is 9.68. The number of hydrogen-bond donors (Lipinski definition) is 2. The van der Waals surface area contributed by atoms with E-state index in [0.717, 1.165) is 15.6 Å². The lowest BCUT2D eigenvalue weighted by atomic mass is 10.1. The van der Waals surface area contributed by atoms with Crippen molar-refractivity contribution in [2.24, 2.45) is 0 Å². The van der Waals surface area contributed by atoms with Gasteiger partial charge in [0, 0.05) is 10.0 Å². The molecule has 4 heteroatoms. The number of carbonyl (C=O) groups excluding carboxylic acids is 1. The van der Waals surface area contributed by atoms with Crippen LogP contribution in [-0.4, -0.2) is 5.91 Å². The van der Waals surface area contributed by atoms with E-state index in [1.54, 1.807) is 12.1 Å². The van der Waals surface area contributed by atoms with Gasteiger partial charge in [-0.2, -0.15) is 0 Å². The zero-order valence-corrected chi connectivity index (χ0v) is 12.4. The molecule has 0 aliphatic heterocycles. The number of nitrogens with one attached hydrogen (secondary N) is 1. The van der Waals surface area contributed by atoms with Crippen molar-refractivity contribution in [2.75, 3.05) is 11.1 Å². The lowest BCUT2D eigenvalue weighted by molar-refractivity contribution is 0.102. The number of nitrogens with two attached hydrogens (primary N) is 1. The van der Waals surface area contributed by atoms with Gasteiger partial charge in [0.25, 0.3) is 5.91 Å². The van der Waals surface area contributed by atoms with E-state index in [4.69, 9.17) is 5.73 Å². The maximum atomic E-state index is 12.2. The highest BCUT2D eigenvalue weighted by Gasteiger charge is 2.11. The number of carbonyl (C=O) groups is 1. The summed E-state index contributed by atoms with van der Waals surface area (Å²) in [6.07, 6.45) is 0. The standard InChI is InChI=1S/C15H15BrN2O/c1-9-3-6-13(17)14(7-9)18-15(19)12-5-4-11(16)8-10(12)2/h3-8H,17H2,1-2H3,(H,18,19). The van der Waals surface area contributed by atoms with Crippen molar-refractivity contribution in [3.05, 3.63) is 57.6 Å². The van der Waals surface area contributed by atoms with Crippen molar-refractivity contribution < 1.29 is 4.79 Å². The quantitative estimate of drug-likeness (QED) is 0.825. The van der Waals surface area contributed by atoms with Crippen molar-refractivity contribution in [1.82, 2.24) is 0 Å². The predicted octanol–water partition coefficient (Wildman–Crippen LogP) is 3.90. The maximum Gasteiger partial charge on any atom is 0.255 e. The molecule has 0 aromatic heterocycles. The van der Waals surface area contributed by atoms with Gasteiger partial charge < -0.3 is 11.1 Å². The highest BCUT2D eigenvalue weighted by Crippen LogP contribution is 2.22. The van der Waals surface area contributed by atoms with Crippen LogP contribution < -0.4 is 11.1 Å². The van der Waals surface area contributed by atoms with E-state index in [1.165, 1.54) is 0 Å². The minimum Gasteiger partial charge on any atom is -0.397 e. The first kappa shape index (κ1) is 13.6. The first-order valence-corrected chi connectivity index (χ1v) is 6.70. The molecule has 2 aromatic rings. The first-order chi connectivity index (χ1) is 8.97. The molecule has 3 nitrogen and oxygen atoms in total. The molecule has 19 heavy (non-hydrogen) atoms. The van der Waals surface area contributed by atoms with Gasteiger partial charge in [0.05, 0.1) is 11.4 Å². The van der Waals surface area contributed by atoms with Crippen LogP contribution in [0.5, 0.6) is 0 Å². The largest absolute Gasteiger partial charge is 0.397 e. The highest BCUT2D eigenvalue weighted by atomic mass is 79.9. The highest BCUT2D eigenvalue weighted by molar-refractivity contribution is 9.10. The molecular weight excluding hydrogens is 304 g/mol. The van der Waals surface area contributed by atoms with Gasteiger partial charge in [0.1, 0.15) is 0 Å². The van der Waals surface area contributed by atoms with Crippen molar-refractivity contribution in [3.63, 3.8) is 0 Å². The number of halogens is 1. The summed E-state index contributed by atoms with van der Waals surface area (Å²) in [7, 11) is 0. The van der Waals surface area contributed by atoms with Crippen LogP contribution in [0.1, 0.15) is 21.5 Å². The van der Waals surface area contributed by atoms with Gasteiger partial charge in [-0.3, -0.25) is 4.79 Å². The Morgan fingerprint density at radius 2 is 1.89 bits per heavy atom. The van der Waals surface area contributed by atoms with E-state index < -0.39 is 0 Å². The minimum absolute atomic E-state index is 0.151. The Kier molecular flexibility index (Phi) is 3.90. The van der Waals surface area contributed by atoms with E-state index >= 15 is 0 Å². The molecule has 0 radical (unpaired) electrons. The van der Waals surface area contributed by atoms with Gasteiger partial charge in [-0.05, 0) is 55.3 Å². The molecular formula is C15H15BrN2O. The van der Waals surface area contributed by atoms with Crippen molar-refractivity contribution in [1.29, 1.82) is 0 Å². The Bertz CT molecular complexity index is 638. The summed E-state index contributed by atoms with van der Waals surface area (Å²) in [6, 6.07) is 11.1. The van der Waals surface area contributed by atoms with Crippen molar-refractivity contribution in [3.8, 4) is 0 Å². The summed E-state index contributed by atoms with van der Waals surface area (Å²) in [5, 5.41) is 2.85. The molecule has 0 aliphatic carbocycles. The maximum absolute atomic E-state index is 12.2. The van der Waals surface area contributed by atoms with Crippen LogP contribution in [0.3, 0.4) is 0 Å². The van der Waals surface area contributed by atoms with Crippen LogP contribution in [0, 0.1) is 13.8 Å². The predicted molar refractivity (Wildman–Crippen MR) is 82.4 cm³/mol. The van der Waals surface area contributed by atoms with Crippen molar-refractivity contribution >= 4 is 33.2 Å². The van der Waals surface area contributed by atoms with Crippen LogP contribution in [-0.2, 0) is 0 Å². The molecule has 1 amide bonds. The third-order valence-electron chi connectivity index (χ3n) is 2.89. The number of benzene rings is 2. The fourth-order valence-electron chi connectivity index (χ4n) is 1.85. The van der Waals surface area contributed by atoms with Crippen LogP contribution in [0.4, 0.5) is 11.4 Å². The summed E-state index contributed by atoms with van der Waals surface area (Å²) in [5.74, 6) is -0.151. The van der Waals surface area contributed by atoms with Crippen LogP contribution in [0.15, 0.2) is 40.9 Å². The number of amides is 1. The van der Waals surface area contributed by atoms with E-state index in [9.17, 15) is 4.79 Å². The normalized spacial score (nSPS) is 10.3. The molecule has 0 saturated heterocycles. The minimum atomic E-state index is -0.151. The Morgan fingerprint density at radius 3 is 2.58 bits per heavy atom. The molecule has 0 spiro atoms. The Labute approximate surface area is 121 Å². The molecule has 2 rings (SSSR count). The lowest BCUT2D eigenvalue weighted by Crippen LogP contribution is -2.14. The summed E-state index contributed by atoms with van der Waals surface area (Å²) >= 11 is 3.38. The summed E-state index contributed by atoms with van der Waals surface area (Å²) in [4.78, 5) is 12.2. The SMILES string of the molecule is Cc1ccc(N)c(NC(=O)c2ccc(Br)cc2C)c1. The van der Waals surface area contributed by atoms with Gasteiger partial charge in [0.15, 0.2) is 0 Å². The van der Waals surface area contributed by atoms with Gasteiger partial charge in [-0.1, -0.05) is 22.0 Å². The smallest absolute Gasteiger partial charge is 0.255 e. The van der Waals surface area contributed by atoms with Gasteiger partial charge in [-0.25, -0.2) is 0 Å². The first-order valence-electron chi connectivity index (χ1n) is 5.91. The molecule has 0 fully saturated rings. The number of nitrogen functional groups attached to an aromatic ring is 1. The van der Waals surface area contributed by atoms with E-state index in [2.05, 4.69) is 21.2 Å². The molecule has 0 unspecified atom stereocenters. The number of hydrogen-bond acceptors (Lipinski definition) is 2. The monoisotopic (exact) mass is 318 g/mol. The van der Waals surface area contributed by atoms with Gasteiger partial charge in [-0.15, -0.1) is 0 Å². The van der Waals surface area contributed by atoms with Crippen molar-refractivity contribution in [2.45, 2.75) is 13.8 Å². The molecule has 2 aromatic carbocycles. The average molecular weight is 319 g/mol. The Morgan fingerprint density at radius 1 is 1.16 bits per heavy atom. The average Bonchev–Trinajstić information content (AvgIpc) is 2.33. The summed E-state index contributed by atoms with van der Waals surface area (Å²) in [6.45, 7) is 3.86. The zero-order valence-electron chi connectivity index (χ0n) is 10.8. The molecule has 0 heterocycles. The Balaban J connectivity index is 2.28. The van der Waals surface area contributed by atoms with E-state index in [0.29, 0.717) is 16.9 Å². The number of aryl methyl sites for hydroxylation is 2. The third kappa shape index (κ3) is 3.15. The van der Waals surface area contributed by atoms with Crippen LogP contribution in [0.25, 0.3) is 0 Å². The number of anilines is 2. The van der Waals surface area contributed by atoms with Gasteiger partial charge in [0.2, 0.25) is 0 Å². The molecule has 0 bridgehead atoms. The molecule has 0 saturated carbocycles. The van der Waals surface area contributed by atoms with Crippen LogP contribution in [0.2, 0.25) is 0 Å². The second-order valence-electron chi connectivity index (χ2n) is 4.50. The van der Waals surface area contributed by atoms with E-state index in [-0.39, 0.29) is 5.91 Å². The fourth-order valence-corrected chi connectivity index (χ4v) is 2.33. The number of rotatable bonds is 2. The lowest BCUT2D eigenvalue weighted by Gasteiger charge is -2.10. The second-order valence-corrected chi connectivity index (χ2v) is 5.42. The van der Waals surface area contributed by atoms with Crippen LogP contribution >= 0.6 is 15.9 Å². The van der Waals surface area contributed by atoms with Gasteiger partial charge >= 0.3 is 0 Å². The topological polar surface area (TPSA) is 55.1 Å². The third-order valence-corrected chi connectivity index (χ3v) is 3.38. The fraction of sp³-hybridized carbons (Fsp3) is 0.133.